The van der Waals surface area contributed by atoms with Gasteiger partial charge in [-0.3, -0.25) is 0 Å². The first-order valence-corrected chi connectivity index (χ1v) is 8.47. The van der Waals surface area contributed by atoms with Crippen LogP contribution < -0.4 is 5.32 Å². The Morgan fingerprint density at radius 2 is 1.87 bits per heavy atom. The Balaban J connectivity index is 0.00000132. The lowest BCUT2D eigenvalue weighted by atomic mass is 9.81. The summed E-state index contributed by atoms with van der Waals surface area (Å²) < 4.78 is 5.55. The van der Waals surface area contributed by atoms with Crippen molar-refractivity contribution in [3.05, 3.63) is 34.9 Å². The lowest BCUT2D eigenvalue weighted by Gasteiger charge is -2.36. The lowest BCUT2D eigenvalue weighted by molar-refractivity contribution is 0.0515. The molecule has 3 nitrogen and oxygen atoms in total. The average Bonchev–Trinajstić information content (AvgIpc) is 2.54. The van der Waals surface area contributed by atoms with Crippen molar-refractivity contribution < 1.29 is 4.74 Å². The summed E-state index contributed by atoms with van der Waals surface area (Å²) in [7, 11) is 0. The first kappa shape index (κ1) is 21.0. The molecule has 0 bridgehead atoms. The SMILES string of the molecule is Cl.Cl.Clc1cccc(C(CN2CCNCC2)C2CCOCC2)c1. The fourth-order valence-corrected chi connectivity index (χ4v) is 3.75. The molecule has 1 aromatic carbocycles. The second-order valence-electron chi connectivity index (χ2n) is 6.16. The first-order chi connectivity index (χ1) is 10.3. The number of nitrogens with zero attached hydrogens (tertiary/aromatic N) is 1. The maximum atomic E-state index is 6.22. The van der Waals surface area contributed by atoms with E-state index in [0.29, 0.717) is 11.8 Å². The number of hydrogen-bond donors (Lipinski definition) is 1. The van der Waals surface area contributed by atoms with E-state index >= 15 is 0 Å². The van der Waals surface area contributed by atoms with Crippen molar-refractivity contribution >= 4 is 36.4 Å². The fraction of sp³-hybridized carbons (Fsp3) is 0.647. The van der Waals surface area contributed by atoms with Crippen molar-refractivity contribution in [3.63, 3.8) is 0 Å². The molecule has 23 heavy (non-hydrogen) atoms. The molecule has 1 aromatic rings. The molecule has 0 radical (unpaired) electrons. The van der Waals surface area contributed by atoms with Crippen molar-refractivity contribution in [3.8, 4) is 0 Å². The minimum atomic E-state index is 0. The highest BCUT2D eigenvalue weighted by molar-refractivity contribution is 6.30. The molecule has 2 saturated heterocycles. The molecule has 0 amide bonds. The third-order valence-corrected chi connectivity index (χ3v) is 5.01. The van der Waals surface area contributed by atoms with Gasteiger partial charge in [0.25, 0.3) is 0 Å². The van der Waals surface area contributed by atoms with Gasteiger partial charge in [0.2, 0.25) is 0 Å². The molecule has 2 aliphatic heterocycles. The van der Waals surface area contributed by atoms with Crippen LogP contribution in [0.25, 0.3) is 0 Å². The second-order valence-corrected chi connectivity index (χ2v) is 6.60. The average molecular weight is 382 g/mol. The number of ether oxygens (including phenoxy) is 1. The minimum Gasteiger partial charge on any atom is -0.381 e. The monoisotopic (exact) mass is 380 g/mol. The number of nitrogens with one attached hydrogen (secondary N) is 1. The molecule has 1 unspecified atom stereocenters. The summed E-state index contributed by atoms with van der Waals surface area (Å²) in [4.78, 5) is 2.59. The normalized spacial score (nSPS) is 21.1. The number of halogens is 3. The predicted molar refractivity (Wildman–Crippen MR) is 102 cm³/mol. The number of piperazine rings is 1. The Labute approximate surface area is 156 Å². The Morgan fingerprint density at radius 3 is 2.52 bits per heavy atom. The second kappa shape index (κ2) is 10.8. The Kier molecular flexibility index (Phi) is 9.83. The molecule has 6 heteroatoms. The van der Waals surface area contributed by atoms with Crippen LogP contribution in [0.3, 0.4) is 0 Å². The van der Waals surface area contributed by atoms with Gasteiger partial charge in [-0.25, -0.2) is 0 Å². The smallest absolute Gasteiger partial charge is 0.0468 e. The van der Waals surface area contributed by atoms with Gasteiger partial charge in [-0.2, -0.15) is 0 Å². The summed E-state index contributed by atoms with van der Waals surface area (Å²) in [5.41, 5.74) is 1.40. The molecule has 3 rings (SSSR count). The summed E-state index contributed by atoms with van der Waals surface area (Å²) in [6, 6.07) is 8.46. The summed E-state index contributed by atoms with van der Waals surface area (Å²) in [6.45, 7) is 7.48. The summed E-state index contributed by atoms with van der Waals surface area (Å²) in [5.74, 6) is 1.29. The maximum Gasteiger partial charge on any atom is 0.0468 e. The van der Waals surface area contributed by atoms with Crippen molar-refractivity contribution in [2.45, 2.75) is 18.8 Å². The van der Waals surface area contributed by atoms with Gasteiger partial charge in [-0.05, 0) is 42.4 Å². The van der Waals surface area contributed by atoms with E-state index in [1.54, 1.807) is 0 Å². The maximum absolute atomic E-state index is 6.22. The van der Waals surface area contributed by atoms with Gasteiger partial charge in [0.15, 0.2) is 0 Å². The molecule has 2 aliphatic rings. The van der Waals surface area contributed by atoms with Crippen molar-refractivity contribution in [1.82, 2.24) is 10.2 Å². The van der Waals surface area contributed by atoms with Gasteiger partial charge in [0.05, 0.1) is 0 Å². The van der Waals surface area contributed by atoms with Crippen LogP contribution in [0.1, 0.15) is 24.3 Å². The Morgan fingerprint density at radius 1 is 1.17 bits per heavy atom. The van der Waals surface area contributed by atoms with Crippen LogP contribution >= 0.6 is 36.4 Å². The van der Waals surface area contributed by atoms with Crippen LogP contribution in [0.2, 0.25) is 5.02 Å². The van der Waals surface area contributed by atoms with Crippen LogP contribution in [-0.4, -0.2) is 50.8 Å². The van der Waals surface area contributed by atoms with Crippen molar-refractivity contribution in [1.29, 1.82) is 0 Å². The first-order valence-electron chi connectivity index (χ1n) is 8.09. The third kappa shape index (κ3) is 6.08. The Hall–Kier alpha value is -0.0300. The van der Waals surface area contributed by atoms with Gasteiger partial charge in [-0.15, -0.1) is 24.8 Å². The minimum absolute atomic E-state index is 0. The van der Waals surface area contributed by atoms with Gasteiger partial charge < -0.3 is 15.0 Å². The van der Waals surface area contributed by atoms with Gasteiger partial charge in [0.1, 0.15) is 0 Å². The molecule has 1 N–H and O–H groups in total. The molecule has 132 valence electrons. The molecule has 2 fully saturated rings. The molecule has 2 heterocycles. The van der Waals surface area contributed by atoms with Crippen LogP contribution in [-0.2, 0) is 4.74 Å². The summed E-state index contributed by atoms with van der Waals surface area (Å²) in [6.07, 6.45) is 2.34. The van der Waals surface area contributed by atoms with E-state index in [0.717, 1.165) is 51.0 Å². The lowest BCUT2D eigenvalue weighted by Crippen LogP contribution is -2.46. The van der Waals surface area contributed by atoms with Crippen LogP contribution in [0.4, 0.5) is 0 Å². The topological polar surface area (TPSA) is 24.5 Å². The van der Waals surface area contributed by atoms with E-state index in [1.165, 1.54) is 18.4 Å². The summed E-state index contributed by atoms with van der Waals surface area (Å²) in [5, 5.41) is 4.29. The zero-order valence-corrected chi connectivity index (χ0v) is 15.8. The predicted octanol–water partition coefficient (Wildman–Crippen LogP) is 3.60. The third-order valence-electron chi connectivity index (χ3n) is 4.78. The molecular formula is C17H27Cl3N2O. The number of rotatable bonds is 4. The van der Waals surface area contributed by atoms with Crippen LogP contribution in [0.5, 0.6) is 0 Å². The van der Waals surface area contributed by atoms with Gasteiger partial charge >= 0.3 is 0 Å². The fourth-order valence-electron chi connectivity index (χ4n) is 3.55. The van der Waals surface area contributed by atoms with Crippen LogP contribution in [0, 0.1) is 5.92 Å². The zero-order chi connectivity index (χ0) is 14.5. The Bertz CT molecular complexity index is 449. The number of benzene rings is 1. The van der Waals surface area contributed by atoms with E-state index in [1.807, 2.05) is 6.07 Å². The van der Waals surface area contributed by atoms with Gasteiger partial charge in [0, 0.05) is 51.0 Å². The number of hydrogen-bond acceptors (Lipinski definition) is 3. The zero-order valence-electron chi connectivity index (χ0n) is 13.4. The quantitative estimate of drug-likeness (QED) is 0.862. The van der Waals surface area contributed by atoms with E-state index < -0.39 is 0 Å². The van der Waals surface area contributed by atoms with E-state index in [9.17, 15) is 0 Å². The van der Waals surface area contributed by atoms with Crippen LogP contribution in [0.15, 0.2) is 24.3 Å². The van der Waals surface area contributed by atoms with Crippen molar-refractivity contribution in [2.24, 2.45) is 5.92 Å². The van der Waals surface area contributed by atoms with E-state index in [4.69, 9.17) is 16.3 Å². The molecular weight excluding hydrogens is 355 g/mol. The van der Waals surface area contributed by atoms with E-state index in [2.05, 4.69) is 28.4 Å². The van der Waals surface area contributed by atoms with Crippen molar-refractivity contribution in [2.75, 3.05) is 45.9 Å². The molecule has 0 spiro atoms. The molecule has 1 atom stereocenters. The molecule has 0 aliphatic carbocycles. The highest BCUT2D eigenvalue weighted by atomic mass is 35.5. The van der Waals surface area contributed by atoms with Gasteiger partial charge in [-0.1, -0.05) is 23.7 Å². The van der Waals surface area contributed by atoms with E-state index in [-0.39, 0.29) is 24.8 Å². The standard InChI is InChI=1S/C17H25ClN2O.2ClH/c18-16-3-1-2-15(12-16)17(14-4-10-21-11-5-14)13-20-8-6-19-7-9-20;;/h1-3,12,14,17,19H,4-11,13H2;2*1H. The molecule has 0 aromatic heterocycles. The largest absolute Gasteiger partial charge is 0.381 e. The highest BCUT2D eigenvalue weighted by Crippen LogP contribution is 2.34. The highest BCUT2D eigenvalue weighted by Gasteiger charge is 2.27. The molecule has 0 saturated carbocycles. The summed E-state index contributed by atoms with van der Waals surface area (Å²) >= 11 is 6.22.